The van der Waals surface area contributed by atoms with Crippen LogP contribution in [0.25, 0.3) is 0 Å². The molecular weight excluding hydrogens is 383 g/mol. The van der Waals surface area contributed by atoms with E-state index in [1.54, 1.807) is 11.0 Å². The molecule has 0 saturated carbocycles. The maximum Gasteiger partial charge on any atom is 0.410 e. The van der Waals surface area contributed by atoms with Crippen molar-refractivity contribution in [3.05, 3.63) is 71.0 Å². The zero-order valence-corrected chi connectivity index (χ0v) is 16.6. The summed E-state index contributed by atoms with van der Waals surface area (Å²) in [4.78, 5) is 27.6. The van der Waals surface area contributed by atoms with Crippen LogP contribution in [0.15, 0.2) is 48.5 Å². The monoisotopic (exact) mass is 406 g/mol. The number of halogens is 1. The van der Waals surface area contributed by atoms with Gasteiger partial charge in [-0.1, -0.05) is 36.4 Å². The first-order chi connectivity index (χ1) is 14.6. The molecule has 2 aliphatic heterocycles. The fourth-order valence-electron chi connectivity index (χ4n) is 4.72. The molecule has 5 nitrogen and oxygen atoms in total. The summed E-state index contributed by atoms with van der Waals surface area (Å²) in [6, 6.07) is 15.5. The minimum atomic E-state index is -0.750. The molecule has 2 bridgehead atoms. The number of carbonyl (C=O) groups excluding carboxylic acids is 2. The Morgan fingerprint density at radius 3 is 2.43 bits per heavy atom. The van der Waals surface area contributed by atoms with Crippen molar-refractivity contribution in [2.45, 2.75) is 50.8 Å². The van der Waals surface area contributed by atoms with Crippen LogP contribution in [0.1, 0.15) is 53.6 Å². The molecule has 4 rings (SSSR count). The average molecular weight is 406 g/mol. The standard InChI is InChI=1S/C24H23FN2O3/c25-22-17(14-26)8-4-11-21(22)23(28)18-12-19-9-5-10-20(13-18)27(19)24(29)30-15-16-6-2-1-3-7-16/h1-4,6-8,11,18-20H,5,9-10,12-13,15H2. The van der Waals surface area contributed by atoms with E-state index in [4.69, 9.17) is 10.00 Å². The lowest BCUT2D eigenvalue weighted by Crippen LogP contribution is -2.55. The van der Waals surface area contributed by atoms with Crippen LogP contribution in [0.5, 0.6) is 0 Å². The molecule has 2 aromatic rings. The van der Waals surface area contributed by atoms with Gasteiger partial charge in [-0.15, -0.1) is 0 Å². The van der Waals surface area contributed by atoms with Gasteiger partial charge in [0.25, 0.3) is 0 Å². The zero-order valence-electron chi connectivity index (χ0n) is 16.6. The van der Waals surface area contributed by atoms with Crippen LogP contribution in [0.2, 0.25) is 0 Å². The Balaban J connectivity index is 1.46. The highest BCUT2D eigenvalue weighted by atomic mass is 19.1. The molecule has 2 aliphatic rings. The van der Waals surface area contributed by atoms with Crippen LogP contribution in [0.4, 0.5) is 9.18 Å². The summed E-state index contributed by atoms with van der Waals surface area (Å²) in [5.74, 6) is -1.39. The summed E-state index contributed by atoms with van der Waals surface area (Å²) < 4.78 is 20.0. The van der Waals surface area contributed by atoms with Gasteiger partial charge in [-0.3, -0.25) is 4.79 Å². The molecule has 1 amide bonds. The fraction of sp³-hybridized carbons (Fsp3) is 0.375. The number of fused-ring (bicyclic) bond motifs is 2. The van der Waals surface area contributed by atoms with Crippen molar-refractivity contribution >= 4 is 11.9 Å². The number of nitriles is 1. The third-order valence-corrected chi connectivity index (χ3v) is 6.15. The van der Waals surface area contributed by atoms with E-state index in [2.05, 4.69) is 0 Å². The number of hydrogen-bond donors (Lipinski definition) is 0. The van der Waals surface area contributed by atoms with Crippen LogP contribution < -0.4 is 0 Å². The molecule has 0 aromatic heterocycles. The van der Waals surface area contributed by atoms with Gasteiger partial charge in [0.1, 0.15) is 12.7 Å². The van der Waals surface area contributed by atoms with E-state index in [1.165, 1.54) is 18.2 Å². The maximum absolute atomic E-state index is 14.5. The summed E-state index contributed by atoms with van der Waals surface area (Å²) in [5.41, 5.74) is 0.772. The Hall–Kier alpha value is -3.20. The van der Waals surface area contributed by atoms with Crippen molar-refractivity contribution in [2.24, 2.45) is 5.92 Å². The van der Waals surface area contributed by atoms with Crippen LogP contribution in [-0.4, -0.2) is 28.9 Å². The van der Waals surface area contributed by atoms with E-state index >= 15 is 0 Å². The Bertz CT molecular complexity index is 972. The quantitative estimate of drug-likeness (QED) is 0.681. The van der Waals surface area contributed by atoms with E-state index in [1.807, 2.05) is 30.3 Å². The van der Waals surface area contributed by atoms with Crippen molar-refractivity contribution in [2.75, 3.05) is 0 Å². The van der Waals surface area contributed by atoms with Crippen molar-refractivity contribution < 1.29 is 18.7 Å². The third-order valence-electron chi connectivity index (χ3n) is 6.15. The fourth-order valence-corrected chi connectivity index (χ4v) is 4.72. The number of ether oxygens (including phenoxy) is 1. The minimum Gasteiger partial charge on any atom is -0.445 e. The number of Topliss-reactive ketones (excluding diaryl/α,β-unsaturated/α-hetero) is 1. The number of amides is 1. The second-order valence-electron chi connectivity index (χ2n) is 8.00. The zero-order chi connectivity index (χ0) is 21.1. The number of rotatable bonds is 4. The topological polar surface area (TPSA) is 70.4 Å². The van der Waals surface area contributed by atoms with Gasteiger partial charge in [0, 0.05) is 18.0 Å². The molecular formula is C24H23FN2O3. The molecule has 0 spiro atoms. The van der Waals surface area contributed by atoms with Gasteiger partial charge in [0.2, 0.25) is 0 Å². The molecule has 2 unspecified atom stereocenters. The summed E-state index contributed by atoms with van der Waals surface area (Å²) in [6.45, 7) is 0.212. The number of ketones is 1. The molecule has 0 N–H and O–H groups in total. The molecule has 0 radical (unpaired) electrons. The predicted molar refractivity (Wildman–Crippen MR) is 108 cm³/mol. The third kappa shape index (κ3) is 3.93. The summed E-state index contributed by atoms with van der Waals surface area (Å²) in [6.07, 6.45) is 3.25. The molecule has 30 heavy (non-hydrogen) atoms. The molecule has 2 aromatic carbocycles. The van der Waals surface area contributed by atoms with E-state index in [0.717, 1.165) is 24.8 Å². The lowest BCUT2D eigenvalue weighted by molar-refractivity contribution is 0.00464. The Morgan fingerprint density at radius 2 is 1.77 bits per heavy atom. The predicted octanol–water partition coefficient (Wildman–Crippen LogP) is 4.85. The Labute approximate surface area is 175 Å². The largest absolute Gasteiger partial charge is 0.445 e. The second-order valence-corrected chi connectivity index (χ2v) is 8.00. The minimum absolute atomic E-state index is 0.0303. The van der Waals surface area contributed by atoms with Crippen LogP contribution >= 0.6 is 0 Å². The van der Waals surface area contributed by atoms with Gasteiger partial charge in [-0.25, -0.2) is 9.18 Å². The summed E-state index contributed by atoms with van der Waals surface area (Å²) in [7, 11) is 0. The highest BCUT2D eigenvalue weighted by Gasteiger charge is 2.44. The number of nitrogens with zero attached hydrogens (tertiary/aromatic N) is 2. The van der Waals surface area contributed by atoms with E-state index in [-0.39, 0.29) is 47.6 Å². The molecule has 6 heteroatoms. The van der Waals surface area contributed by atoms with E-state index < -0.39 is 5.82 Å². The molecule has 2 atom stereocenters. The molecule has 0 aliphatic carbocycles. The van der Waals surface area contributed by atoms with Gasteiger partial charge in [-0.2, -0.15) is 5.26 Å². The SMILES string of the molecule is N#Cc1cccc(C(=O)C2CC3CCCC(C2)N3C(=O)OCc2ccccc2)c1F. The normalized spacial score (nSPS) is 22.8. The van der Waals surface area contributed by atoms with Crippen molar-refractivity contribution in [3.63, 3.8) is 0 Å². The van der Waals surface area contributed by atoms with Gasteiger partial charge >= 0.3 is 6.09 Å². The van der Waals surface area contributed by atoms with Crippen LogP contribution in [0.3, 0.4) is 0 Å². The first kappa shape index (κ1) is 20.1. The van der Waals surface area contributed by atoms with Gasteiger partial charge < -0.3 is 9.64 Å². The maximum atomic E-state index is 14.5. The van der Waals surface area contributed by atoms with Gasteiger partial charge in [-0.05, 0) is 49.8 Å². The number of carbonyl (C=O) groups is 2. The first-order valence-electron chi connectivity index (χ1n) is 10.3. The van der Waals surface area contributed by atoms with Crippen molar-refractivity contribution in [1.29, 1.82) is 5.26 Å². The second kappa shape index (κ2) is 8.66. The van der Waals surface area contributed by atoms with Gasteiger partial charge in [0.15, 0.2) is 11.6 Å². The van der Waals surface area contributed by atoms with Crippen LogP contribution in [0, 0.1) is 23.1 Å². The first-order valence-corrected chi connectivity index (χ1v) is 10.3. The molecule has 2 fully saturated rings. The van der Waals surface area contributed by atoms with Crippen molar-refractivity contribution in [1.82, 2.24) is 4.90 Å². The highest BCUT2D eigenvalue weighted by Crippen LogP contribution is 2.39. The Kier molecular flexibility index (Phi) is 5.80. The van der Waals surface area contributed by atoms with Gasteiger partial charge in [0.05, 0.1) is 11.1 Å². The molecule has 2 heterocycles. The molecule has 2 saturated heterocycles. The summed E-state index contributed by atoms with van der Waals surface area (Å²) >= 11 is 0. The van der Waals surface area contributed by atoms with E-state index in [0.29, 0.717) is 12.8 Å². The number of piperidine rings is 2. The number of benzene rings is 2. The lowest BCUT2D eigenvalue weighted by Gasteiger charge is -2.47. The van der Waals surface area contributed by atoms with E-state index in [9.17, 15) is 14.0 Å². The summed E-state index contributed by atoms with van der Waals surface area (Å²) in [5, 5.41) is 9.04. The Morgan fingerprint density at radius 1 is 1.07 bits per heavy atom. The average Bonchev–Trinajstić information content (AvgIpc) is 2.77. The smallest absolute Gasteiger partial charge is 0.410 e. The lowest BCUT2D eigenvalue weighted by atomic mass is 9.75. The van der Waals surface area contributed by atoms with Crippen LogP contribution in [-0.2, 0) is 11.3 Å². The number of hydrogen-bond acceptors (Lipinski definition) is 4. The van der Waals surface area contributed by atoms with Crippen molar-refractivity contribution in [3.8, 4) is 6.07 Å². The highest BCUT2D eigenvalue weighted by molar-refractivity contribution is 5.98. The molecule has 154 valence electrons.